The summed E-state index contributed by atoms with van der Waals surface area (Å²) in [5.41, 5.74) is 3.99. The summed E-state index contributed by atoms with van der Waals surface area (Å²) in [6.45, 7) is 0. The van der Waals surface area contributed by atoms with Crippen molar-refractivity contribution in [3.8, 4) is 0 Å². The van der Waals surface area contributed by atoms with Crippen molar-refractivity contribution in [3.05, 3.63) is 71.9 Å². The van der Waals surface area contributed by atoms with Crippen LogP contribution >= 0.6 is 0 Å². The van der Waals surface area contributed by atoms with Crippen LogP contribution in [0.5, 0.6) is 0 Å². The summed E-state index contributed by atoms with van der Waals surface area (Å²) in [5, 5.41) is 3.75. The van der Waals surface area contributed by atoms with Crippen LogP contribution in [0.2, 0.25) is 0 Å². The molecule has 1 N–H and O–H groups in total. The maximum absolute atomic E-state index is 10.4. The minimum Gasteiger partial charge on any atom is -0.329 e. The Morgan fingerprint density at radius 3 is 2.52 bits per heavy atom. The number of hydrogen-bond acceptors (Lipinski definition) is 2. The van der Waals surface area contributed by atoms with Gasteiger partial charge in [-0.3, -0.25) is 9.78 Å². The van der Waals surface area contributed by atoms with Gasteiger partial charge in [0.05, 0.1) is 5.52 Å². The number of anilines is 1. The molecule has 0 radical (unpaired) electrons. The lowest BCUT2D eigenvalue weighted by Crippen LogP contribution is -1.92. The van der Waals surface area contributed by atoms with Crippen LogP contribution in [-0.2, 0) is 4.79 Å². The van der Waals surface area contributed by atoms with Gasteiger partial charge in [-0.15, -0.1) is 0 Å². The number of para-hydroxylation sites is 1. The molecule has 0 aliphatic heterocycles. The number of aromatic nitrogens is 1. The van der Waals surface area contributed by atoms with E-state index >= 15 is 0 Å². The Morgan fingerprint density at radius 1 is 0.905 bits per heavy atom. The lowest BCUT2D eigenvalue weighted by Gasteiger charge is -2.01. The van der Waals surface area contributed by atoms with Gasteiger partial charge in [0.1, 0.15) is 0 Å². The van der Waals surface area contributed by atoms with Crippen molar-refractivity contribution in [2.75, 3.05) is 5.32 Å². The molecular formula is C18H14N2O. The van der Waals surface area contributed by atoms with Gasteiger partial charge in [0.25, 0.3) is 0 Å². The third-order valence-corrected chi connectivity index (χ3v) is 3.27. The fourth-order valence-corrected chi connectivity index (χ4v) is 2.21. The van der Waals surface area contributed by atoms with E-state index in [2.05, 4.69) is 22.4 Å². The van der Waals surface area contributed by atoms with Crippen molar-refractivity contribution in [1.29, 1.82) is 0 Å². The van der Waals surface area contributed by atoms with Crippen molar-refractivity contribution in [2.24, 2.45) is 0 Å². The van der Waals surface area contributed by atoms with Crippen molar-refractivity contribution >= 4 is 35.2 Å². The number of nitrogens with zero attached hydrogens (tertiary/aromatic N) is 1. The Kier molecular flexibility index (Phi) is 3.74. The summed E-state index contributed by atoms with van der Waals surface area (Å²) in [6, 6.07) is 17.8. The van der Waals surface area contributed by atoms with Gasteiger partial charge >= 0.3 is 0 Å². The molecule has 0 bridgehead atoms. The van der Waals surface area contributed by atoms with Gasteiger partial charge in [-0.25, -0.2) is 0 Å². The van der Waals surface area contributed by atoms with Gasteiger partial charge in [0, 0.05) is 17.3 Å². The Bertz CT molecular complexity index is 786. The molecule has 0 atom stereocenters. The topological polar surface area (TPSA) is 42.0 Å². The second-order valence-corrected chi connectivity index (χ2v) is 4.63. The van der Waals surface area contributed by atoms with Gasteiger partial charge in [0.2, 0.25) is 6.41 Å². The maximum atomic E-state index is 10.4. The number of pyridine rings is 1. The van der Waals surface area contributed by atoms with Crippen LogP contribution in [-0.4, -0.2) is 11.4 Å². The zero-order chi connectivity index (χ0) is 14.5. The number of hydrogen-bond donors (Lipinski definition) is 1. The predicted molar refractivity (Wildman–Crippen MR) is 86.8 cm³/mol. The Morgan fingerprint density at radius 2 is 1.71 bits per heavy atom. The summed E-state index contributed by atoms with van der Waals surface area (Å²) in [7, 11) is 0. The lowest BCUT2D eigenvalue weighted by molar-refractivity contribution is -0.105. The van der Waals surface area contributed by atoms with Crippen LogP contribution < -0.4 is 5.32 Å². The van der Waals surface area contributed by atoms with Crippen molar-refractivity contribution < 1.29 is 4.79 Å². The molecular weight excluding hydrogens is 260 g/mol. The molecule has 0 saturated heterocycles. The van der Waals surface area contributed by atoms with E-state index in [0.29, 0.717) is 6.41 Å². The monoisotopic (exact) mass is 274 g/mol. The van der Waals surface area contributed by atoms with Gasteiger partial charge in [-0.05, 0) is 35.4 Å². The molecule has 0 saturated carbocycles. The molecule has 102 valence electrons. The number of carbonyl (C=O) groups is 1. The number of nitrogens with one attached hydrogen (secondary N) is 1. The minimum absolute atomic E-state index is 0.675. The predicted octanol–water partition coefficient (Wildman–Crippen LogP) is 3.97. The molecule has 1 amide bonds. The summed E-state index contributed by atoms with van der Waals surface area (Å²) in [4.78, 5) is 14.7. The zero-order valence-corrected chi connectivity index (χ0v) is 11.4. The fraction of sp³-hybridized carbons (Fsp3) is 0. The maximum Gasteiger partial charge on any atom is 0.211 e. The van der Waals surface area contributed by atoms with Crippen LogP contribution in [0, 0.1) is 0 Å². The highest BCUT2D eigenvalue weighted by Crippen LogP contribution is 2.19. The molecule has 1 heterocycles. The molecule has 3 nitrogen and oxygen atoms in total. The first-order valence-corrected chi connectivity index (χ1v) is 6.69. The summed E-state index contributed by atoms with van der Waals surface area (Å²) >= 11 is 0. The standard InChI is InChI=1S/C18H14N2O/c21-13-20-16-9-6-14(7-10-16)5-8-15-11-12-19-18-4-2-1-3-17(15)18/h1-13H,(H,20,21)/b8-5+. The highest BCUT2D eigenvalue weighted by Gasteiger charge is 1.97. The first kappa shape index (κ1) is 13.1. The van der Waals surface area contributed by atoms with Crippen LogP contribution in [0.1, 0.15) is 11.1 Å². The van der Waals surface area contributed by atoms with Gasteiger partial charge < -0.3 is 5.32 Å². The first-order chi connectivity index (χ1) is 10.4. The lowest BCUT2D eigenvalue weighted by atomic mass is 10.1. The third kappa shape index (κ3) is 2.98. The van der Waals surface area contributed by atoms with Gasteiger partial charge in [0.15, 0.2) is 0 Å². The third-order valence-electron chi connectivity index (χ3n) is 3.27. The smallest absolute Gasteiger partial charge is 0.211 e. The van der Waals surface area contributed by atoms with E-state index in [4.69, 9.17) is 0 Å². The average Bonchev–Trinajstić information content (AvgIpc) is 2.54. The molecule has 0 unspecified atom stereocenters. The molecule has 2 aromatic carbocycles. The molecule has 1 aromatic heterocycles. The van der Waals surface area contributed by atoms with E-state index in [1.54, 1.807) is 0 Å². The van der Waals surface area contributed by atoms with E-state index in [1.165, 1.54) is 0 Å². The van der Waals surface area contributed by atoms with E-state index in [1.807, 2.05) is 60.8 Å². The Balaban J connectivity index is 1.89. The first-order valence-electron chi connectivity index (χ1n) is 6.69. The Labute approximate surface area is 123 Å². The van der Waals surface area contributed by atoms with Crippen molar-refractivity contribution in [3.63, 3.8) is 0 Å². The largest absolute Gasteiger partial charge is 0.329 e. The molecule has 3 rings (SSSR count). The molecule has 0 aliphatic rings. The van der Waals surface area contributed by atoms with E-state index in [0.717, 1.165) is 27.7 Å². The summed E-state index contributed by atoms with van der Waals surface area (Å²) in [6.07, 6.45) is 6.62. The number of benzene rings is 2. The van der Waals surface area contributed by atoms with E-state index in [-0.39, 0.29) is 0 Å². The van der Waals surface area contributed by atoms with Crippen LogP contribution in [0.4, 0.5) is 5.69 Å². The summed E-state index contributed by atoms with van der Waals surface area (Å²) in [5.74, 6) is 0. The molecule has 0 fully saturated rings. The summed E-state index contributed by atoms with van der Waals surface area (Å²) < 4.78 is 0. The van der Waals surface area contributed by atoms with E-state index in [9.17, 15) is 4.79 Å². The quantitative estimate of drug-likeness (QED) is 0.731. The van der Waals surface area contributed by atoms with Crippen molar-refractivity contribution in [1.82, 2.24) is 4.98 Å². The molecule has 3 aromatic rings. The van der Waals surface area contributed by atoms with Crippen LogP contribution in [0.3, 0.4) is 0 Å². The Hall–Kier alpha value is -2.94. The normalized spacial score (nSPS) is 10.9. The molecule has 21 heavy (non-hydrogen) atoms. The second-order valence-electron chi connectivity index (χ2n) is 4.63. The second kappa shape index (κ2) is 6.01. The van der Waals surface area contributed by atoms with Crippen molar-refractivity contribution in [2.45, 2.75) is 0 Å². The molecule has 0 spiro atoms. The SMILES string of the molecule is O=CNc1ccc(/C=C/c2ccnc3ccccc23)cc1. The number of fused-ring (bicyclic) bond motifs is 1. The number of rotatable bonds is 4. The van der Waals surface area contributed by atoms with Crippen LogP contribution in [0.25, 0.3) is 23.1 Å². The fourth-order valence-electron chi connectivity index (χ4n) is 2.21. The zero-order valence-electron chi connectivity index (χ0n) is 11.4. The van der Waals surface area contributed by atoms with Gasteiger partial charge in [-0.2, -0.15) is 0 Å². The molecule has 0 aliphatic carbocycles. The highest BCUT2D eigenvalue weighted by molar-refractivity contribution is 5.90. The number of carbonyl (C=O) groups excluding carboxylic acids is 1. The highest BCUT2D eigenvalue weighted by atomic mass is 16.1. The van der Waals surface area contributed by atoms with E-state index < -0.39 is 0 Å². The van der Waals surface area contributed by atoms with Gasteiger partial charge in [-0.1, -0.05) is 42.5 Å². The number of amides is 1. The average molecular weight is 274 g/mol. The minimum atomic E-state index is 0.675. The molecule has 3 heteroatoms. The van der Waals surface area contributed by atoms with Crippen LogP contribution in [0.15, 0.2) is 60.8 Å².